The Morgan fingerprint density at radius 3 is 2.51 bits per heavy atom. The van der Waals surface area contributed by atoms with Crippen molar-refractivity contribution in [3.8, 4) is 34.3 Å². The van der Waals surface area contributed by atoms with Gasteiger partial charge in [0.1, 0.15) is 11.5 Å². The monoisotopic (exact) mass is 527 g/mol. The van der Waals surface area contributed by atoms with E-state index in [0.717, 1.165) is 11.1 Å². The number of rotatable bonds is 10. The van der Waals surface area contributed by atoms with Crippen LogP contribution >= 0.6 is 10.6 Å². The Morgan fingerprint density at radius 1 is 1.11 bits per heavy atom. The van der Waals surface area contributed by atoms with Crippen LogP contribution in [0, 0.1) is 12.7 Å². The minimum atomic E-state index is -2.98. The zero-order chi connectivity index (χ0) is 26.6. The molecule has 3 N–H and O–H groups in total. The fourth-order valence-electron chi connectivity index (χ4n) is 3.77. The maximum atomic E-state index is 14.6. The highest BCUT2D eigenvalue weighted by Gasteiger charge is 2.24. The first kappa shape index (κ1) is 26.8. The molecule has 2 heterocycles. The molecule has 0 aliphatic carbocycles. The third kappa shape index (κ3) is 5.86. The number of halogens is 1. The maximum absolute atomic E-state index is 14.6. The van der Waals surface area contributed by atoms with E-state index in [1.807, 2.05) is 0 Å². The van der Waals surface area contributed by atoms with Gasteiger partial charge in [-0.1, -0.05) is 18.2 Å². The first-order valence-corrected chi connectivity index (χ1v) is 13.3. The van der Waals surface area contributed by atoms with Crippen LogP contribution in [0.25, 0.3) is 34.3 Å². The average Bonchev–Trinajstić information content (AvgIpc) is 3.37. The predicted octanol–water partition coefficient (Wildman–Crippen LogP) is 5.56. The second-order valence-corrected chi connectivity index (χ2v) is 11.1. The van der Waals surface area contributed by atoms with Gasteiger partial charge in [0.15, 0.2) is 0 Å². The Balaban J connectivity index is 1.59. The predicted molar refractivity (Wildman–Crippen MR) is 141 cm³/mol. The summed E-state index contributed by atoms with van der Waals surface area (Å²) in [5.41, 5.74) is 3.22. The molecule has 0 fully saturated rings. The lowest BCUT2D eigenvalue weighted by Gasteiger charge is -2.38. The van der Waals surface area contributed by atoms with Gasteiger partial charge in [-0.05, 0) is 57.1 Å². The molecule has 4 rings (SSSR count). The molecule has 11 heteroatoms. The highest BCUT2D eigenvalue weighted by atomic mass is 32.3. The zero-order valence-electron chi connectivity index (χ0n) is 21.1. The molecule has 196 valence electrons. The molecular weight excluding hydrogens is 497 g/mol. The van der Waals surface area contributed by atoms with Crippen LogP contribution in [0.2, 0.25) is 0 Å². The third-order valence-electron chi connectivity index (χ3n) is 6.01. The molecule has 4 aromatic rings. The molecule has 0 saturated heterocycles. The van der Waals surface area contributed by atoms with Gasteiger partial charge in [-0.2, -0.15) is 10.6 Å². The quantitative estimate of drug-likeness (QED) is 0.243. The van der Waals surface area contributed by atoms with E-state index in [4.69, 9.17) is 9.15 Å². The largest absolute Gasteiger partial charge is 0.414 e. The fourth-order valence-corrected chi connectivity index (χ4v) is 5.20. The summed E-state index contributed by atoms with van der Waals surface area (Å²) in [6.45, 7) is 4.55. The van der Waals surface area contributed by atoms with E-state index >= 15 is 0 Å². The van der Waals surface area contributed by atoms with E-state index in [1.54, 1.807) is 70.6 Å². The zero-order valence-corrected chi connectivity index (χ0v) is 21.9. The molecule has 0 radical (unpaired) electrons. The van der Waals surface area contributed by atoms with Crippen LogP contribution in [0.4, 0.5) is 4.39 Å². The lowest BCUT2D eigenvalue weighted by Crippen LogP contribution is -2.16. The first-order valence-electron chi connectivity index (χ1n) is 11.7. The first-order chi connectivity index (χ1) is 17.7. The van der Waals surface area contributed by atoms with Crippen molar-refractivity contribution in [1.82, 2.24) is 25.5 Å². The third-order valence-corrected chi connectivity index (χ3v) is 8.34. The summed E-state index contributed by atoms with van der Waals surface area (Å²) >= 11 is 0. The van der Waals surface area contributed by atoms with Crippen LogP contribution < -0.4 is 5.32 Å². The Hall–Kier alpha value is -3.22. The van der Waals surface area contributed by atoms with Crippen molar-refractivity contribution in [3.63, 3.8) is 0 Å². The summed E-state index contributed by atoms with van der Waals surface area (Å²) in [6.07, 6.45) is 2.15. The number of aromatic nitrogens is 4. The van der Waals surface area contributed by atoms with Crippen LogP contribution in [0.5, 0.6) is 0 Å². The van der Waals surface area contributed by atoms with Crippen LogP contribution in [-0.4, -0.2) is 55.3 Å². The summed E-state index contributed by atoms with van der Waals surface area (Å²) in [6, 6.07) is 11.7. The minimum Gasteiger partial charge on any atom is -0.414 e. The summed E-state index contributed by atoms with van der Waals surface area (Å²) in [4.78, 5) is 9.52. The minimum absolute atomic E-state index is 0.0484. The second kappa shape index (κ2) is 11.4. The van der Waals surface area contributed by atoms with Gasteiger partial charge in [0.05, 0.1) is 33.3 Å². The van der Waals surface area contributed by atoms with Crippen LogP contribution in [0.1, 0.15) is 24.6 Å². The lowest BCUT2D eigenvalue weighted by molar-refractivity contribution is 0.193. The molecule has 0 saturated carbocycles. The number of ether oxygens (including phenoxy) is 1. The average molecular weight is 528 g/mol. The summed E-state index contributed by atoms with van der Waals surface area (Å²) in [5.74, 6) is -0.285. The van der Waals surface area contributed by atoms with Crippen LogP contribution in [0.3, 0.4) is 0 Å². The van der Waals surface area contributed by atoms with Crippen LogP contribution in [0.15, 0.2) is 58.0 Å². The summed E-state index contributed by atoms with van der Waals surface area (Å²) < 4.78 is 46.9. The highest BCUT2D eigenvalue weighted by Crippen LogP contribution is 2.53. The highest BCUT2D eigenvalue weighted by molar-refractivity contribution is 8.24. The molecule has 37 heavy (non-hydrogen) atoms. The van der Waals surface area contributed by atoms with Crippen molar-refractivity contribution >= 4 is 10.6 Å². The molecule has 0 spiro atoms. The van der Waals surface area contributed by atoms with Gasteiger partial charge in [-0.3, -0.25) is 14.1 Å². The molecule has 1 unspecified atom stereocenters. The standard InChI is InChI=1S/C26H30FN5O4S/c1-16(11-12-35-4)37(33,34)20-8-6-19(7-9-20)23-15-29-17(2)24(30-23)26-32-31-25(36-26)21-10-5-18(14-28-3)13-22(21)27/h5-10,13,15-16,28,33-34H,11-12,14H2,1-4H3. The Morgan fingerprint density at radius 2 is 1.84 bits per heavy atom. The molecule has 0 aliphatic rings. The second-order valence-electron chi connectivity index (χ2n) is 8.66. The molecule has 0 bridgehead atoms. The van der Waals surface area contributed by atoms with E-state index in [2.05, 4.69) is 25.5 Å². The van der Waals surface area contributed by atoms with Crippen molar-refractivity contribution in [1.29, 1.82) is 0 Å². The lowest BCUT2D eigenvalue weighted by atomic mass is 10.1. The normalized spacial score (nSPS) is 13.1. The smallest absolute Gasteiger partial charge is 0.268 e. The van der Waals surface area contributed by atoms with Gasteiger partial charge in [-0.25, -0.2) is 9.37 Å². The molecule has 1 atom stereocenters. The fraction of sp³-hybridized carbons (Fsp3) is 0.308. The number of nitrogens with one attached hydrogen (secondary N) is 1. The van der Waals surface area contributed by atoms with Gasteiger partial charge in [0, 0.05) is 25.8 Å². The number of hydrogen-bond acceptors (Lipinski definition) is 9. The molecule has 2 aromatic heterocycles. The van der Waals surface area contributed by atoms with Gasteiger partial charge in [0.25, 0.3) is 11.8 Å². The van der Waals surface area contributed by atoms with E-state index < -0.39 is 16.4 Å². The van der Waals surface area contributed by atoms with E-state index in [-0.39, 0.29) is 22.6 Å². The molecule has 0 amide bonds. The van der Waals surface area contributed by atoms with Crippen molar-refractivity contribution in [2.45, 2.75) is 37.0 Å². The van der Waals surface area contributed by atoms with Gasteiger partial charge < -0.3 is 14.5 Å². The molecular formula is C26H30FN5O4S. The van der Waals surface area contributed by atoms with Gasteiger partial charge in [0.2, 0.25) is 0 Å². The van der Waals surface area contributed by atoms with Gasteiger partial charge >= 0.3 is 0 Å². The number of benzene rings is 2. The number of methoxy groups -OCH3 is 1. The SMILES string of the molecule is CNCc1ccc(-c2nnc(-c3nc(-c4ccc(S(O)(O)C(C)CCOC)cc4)cnc3C)o2)c(F)c1. The number of hydrogen-bond donors (Lipinski definition) is 3. The molecule has 0 aliphatic heterocycles. The van der Waals surface area contributed by atoms with Crippen LogP contribution in [-0.2, 0) is 11.3 Å². The van der Waals surface area contributed by atoms with Crippen molar-refractivity contribution in [2.75, 3.05) is 20.8 Å². The topological polar surface area (TPSA) is 126 Å². The van der Waals surface area contributed by atoms with E-state index in [0.29, 0.717) is 41.5 Å². The molecule has 2 aromatic carbocycles. The Bertz CT molecular complexity index is 1360. The van der Waals surface area contributed by atoms with Gasteiger partial charge in [-0.15, -0.1) is 10.2 Å². The van der Waals surface area contributed by atoms with Crippen molar-refractivity contribution in [3.05, 3.63) is 65.7 Å². The number of nitrogens with zero attached hydrogens (tertiary/aromatic N) is 4. The Kier molecular flexibility index (Phi) is 8.30. The molecule has 9 nitrogen and oxygen atoms in total. The van der Waals surface area contributed by atoms with E-state index in [9.17, 15) is 13.5 Å². The van der Waals surface area contributed by atoms with Crippen molar-refractivity contribution < 1.29 is 22.6 Å². The van der Waals surface area contributed by atoms with Crippen molar-refractivity contribution in [2.24, 2.45) is 0 Å². The van der Waals surface area contributed by atoms with E-state index in [1.165, 1.54) is 6.07 Å². The summed E-state index contributed by atoms with van der Waals surface area (Å²) in [7, 11) is 0.391. The summed E-state index contributed by atoms with van der Waals surface area (Å²) in [5, 5.41) is 10.7. The Labute approximate surface area is 216 Å². The maximum Gasteiger partial charge on any atom is 0.268 e. The number of aryl methyl sites for hydroxylation is 1.